The fraction of sp³-hybridized carbons (Fsp3) is 0.143. The van der Waals surface area contributed by atoms with Gasteiger partial charge in [-0.1, -0.05) is 127 Å². The van der Waals surface area contributed by atoms with E-state index < -0.39 is 0 Å². The van der Waals surface area contributed by atoms with Crippen LogP contribution >= 0.6 is 0 Å². The van der Waals surface area contributed by atoms with Gasteiger partial charge in [0.2, 0.25) is 0 Å². The van der Waals surface area contributed by atoms with Crippen LogP contribution in [0.3, 0.4) is 0 Å². The van der Waals surface area contributed by atoms with Gasteiger partial charge < -0.3 is 5.32 Å². The van der Waals surface area contributed by atoms with Crippen LogP contribution in [0, 0.1) is 0 Å². The largest absolute Gasteiger partial charge is 0.373 e. The van der Waals surface area contributed by atoms with Crippen LogP contribution in [0.4, 0.5) is 0 Å². The van der Waals surface area contributed by atoms with E-state index in [0.717, 1.165) is 29.8 Å². The maximum absolute atomic E-state index is 4.98. The molecule has 0 radical (unpaired) electrons. The lowest BCUT2D eigenvalue weighted by atomic mass is 9.65. The fourth-order valence-corrected chi connectivity index (χ4v) is 5.37. The molecule has 4 aromatic carbocycles. The third-order valence-corrected chi connectivity index (χ3v) is 7.22. The second-order valence-corrected chi connectivity index (χ2v) is 9.40. The summed E-state index contributed by atoms with van der Waals surface area (Å²) in [5.41, 5.74) is 6.83. The molecule has 0 unspecified atom stereocenters. The predicted molar refractivity (Wildman–Crippen MR) is 160 cm³/mol. The van der Waals surface area contributed by atoms with Crippen LogP contribution in [0.25, 0.3) is 0 Å². The summed E-state index contributed by atoms with van der Waals surface area (Å²) in [4.78, 5) is 9.48. The molecule has 188 valence electrons. The monoisotopic (exact) mass is 495 g/mol. The Kier molecular flexibility index (Phi) is 7.75. The Morgan fingerprint density at radius 1 is 0.711 bits per heavy atom. The molecule has 0 aromatic heterocycles. The van der Waals surface area contributed by atoms with E-state index in [0.29, 0.717) is 5.84 Å². The van der Waals surface area contributed by atoms with Gasteiger partial charge in [0.1, 0.15) is 5.84 Å². The Hall–Kier alpha value is -4.50. The summed E-state index contributed by atoms with van der Waals surface area (Å²) in [6.45, 7) is 0. The van der Waals surface area contributed by atoms with Gasteiger partial charge in [-0.3, -0.25) is 4.99 Å². The van der Waals surface area contributed by atoms with E-state index in [9.17, 15) is 0 Å². The first kappa shape index (κ1) is 25.2. The molecule has 0 saturated carbocycles. The van der Waals surface area contributed by atoms with Crippen LogP contribution in [-0.4, -0.2) is 25.8 Å². The zero-order valence-electron chi connectivity index (χ0n) is 22.0. The lowest BCUT2D eigenvalue weighted by molar-refractivity contribution is 0.622. The highest BCUT2D eigenvalue weighted by molar-refractivity contribution is 6.11. The second-order valence-electron chi connectivity index (χ2n) is 9.40. The Morgan fingerprint density at radius 3 is 1.92 bits per heavy atom. The van der Waals surface area contributed by atoms with Gasteiger partial charge in [0.15, 0.2) is 5.84 Å². The minimum absolute atomic E-state index is 0.351. The number of nitrogens with one attached hydrogen (secondary N) is 1. The van der Waals surface area contributed by atoms with Crippen LogP contribution in [0.5, 0.6) is 0 Å². The summed E-state index contributed by atoms with van der Waals surface area (Å²) in [6, 6.07) is 38.6. The molecule has 0 spiro atoms. The van der Waals surface area contributed by atoms with Crippen molar-refractivity contribution in [3.05, 3.63) is 167 Å². The highest BCUT2D eigenvalue weighted by atomic mass is 15.0. The number of fused-ring (bicyclic) bond motifs is 1. The van der Waals surface area contributed by atoms with Gasteiger partial charge in [-0.15, -0.1) is 0 Å². The molecule has 0 atom stereocenters. The van der Waals surface area contributed by atoms with Crippen LogP contribution in [0.15, 0.2) is 143 Å². The van der Waals surface area contributed by atoms with Crippen molar-refractivity contribution in [1.82, 2.24) is 5.32 Å². The quantitative estimate of drug-likeness (QED) is 0.237. The summed E-state index contributed by atoms with van der Waals surface area (Å²) in [6.07, 6.45) is 10.6. The topological polar surface area (TPSA) is 36.8 Å². The number of hydrogen-bond donors (Lipinski definition) is 1. The van der Waals surface area contributed by atoms with Crippen molar-refractivity contribution >= 4 is 11.7 Å². The molecule has 1 aliphatic carbocycles. The third kappa shape index (κ3) is 5.01. The van der Waals surface area contributed by atoms with Gasteiger partial charge >= 0.3 is 0 Å². The van der Waals surface area contributed by atoms with Crippen molar-refractivity contribution in [3.63, 3.8) is 0 Å². The van der Waals surface area contributed by atoms with E-state index in [1.54, 1.807) is 7.05 Å². The van der Waals surface area contributed by atoms with Crippen LogP contribution < -0.4 is 5.32 Å². The standard InChI is InChI=1S/C35H33N3/c1-36-33(28-17-9-5-10-18-28)38-34(37-2)29-24-23-27-16-8-3-4-15-25-35(32(27)26-29,30-19-11-6-12-20-30)31-21-13-7-14-22-31/h3-15,17-24,26H,16,25H2,1-2H3,(H,36,37,38)/b8-3-,15-4-. The molecule has 0 aliphatic heterocycles. The molecule has 5 rings (SSSR count). The number of rotatable bonds is 4. The Bertz CT molecular complexity index is 1440. The van der Waals surface area contributed by atoms with Crippen molar-refractivity contribution in [2.45, 2.75) is 18.3 Å². The first-order valence-corrected chi connectivity index (χ1v) is 13.1. The van der Waals surface area contributed by atoms with Crippen molar-refractivity contribution in [1.29, 1.82) is 0 Å². The molecular formula is C35H33N3. The number of amidine groups is 2. The van der Waals surface area contributed by atoms with Crippen LogP contribution in [0.1, 0.15) is 39.8 Å². The molecule has 3 nitrogen and oxygen atoms in total. The molecule has 0 bridgehead atoms. The van der Waals surface area contributed by atoms with E-state index in [2.05, 4.69) is 113 Å². The van der Waals surface area contributed by atoms with E-state index in [-0.39, 0.29) is 5.41 Å². The molecule has 1 N–H and O–H groups in total. The number of nitrogens with zero attached hydrogens (tertiary/aromatic N) is 2. The van der Waals surface area contributed by atoms with Crippen molar-refractivity contribution < 1.29 is 0 Å². The summed E-state index contributed by atoms with van der Waals surface area (Å²) in [5.74, 6) is 1.49. The normalized spacial score (nSPS) is 16.9. The maximum Gasteiger partial charge on any atom is 0.156 e. The molecule has 0 amide bonds. The molecule has 1 aliphatic rings. The number of allylic oxidation sites excluding steroid dienone is 4. The molecule has 4 aromatic rings. The molecule has 3 heteroatoms. The highest BCUT2D eigenvalue weighted by Crippen LogP contribution is 2.45. The molecule has 0 heterocycles. The Morgan fingerprint density at radius 2 is 1.32 bits per heavy atom. The maximum atomic E-state index is 4.98. The SMILES string of the molecule is C/N=C(\N=C(/NC)c1ccc2c(c1)C(c1ccccc1)(c1ccccc1)C/C=C\C=C/C2)c1ccccc1. The summed E-state index contributed by atoms with van der Waals surface area (Å²) in [5, 5.41) is 3.35. The van der Waals surface area contributed by atoms with E-state index in [4.69, 9.17) is 4.99 Å². The van der Waals surface area contributed by atoms with E-state index in [1.807, 2.05) is 37.4 Å². The molecule has 0 saturated heterocycles. The van der Waals surface area contributed by atoms with E-state index >= 15 is 0 Å². The highest BCUT2D eigenvalue weighted by Gasteiger charge is 2.37. The average molecular weight is 496 g/mol. The zero-order chi connectivity index (χ0) is 26.2. The first-order valence-electron chi connectivity index (χ1n) is 13.1. The number of benzene rings is 4. The zero-order valence-corrected chi connectivity index (χ0v) is 22.0. The summed E-state index contributed by atoms with van der Waals surface area (Å²) < 4.78 is 0. The fourth-order valence-electron chi connectivity index (χ4n) is 5.37. The van der Waals surface area contributed by atoms with Gasteiger partial charge in [0, 0.05) is 30.6 Å². The third-order valence-electron chi connectivity index (χ3n) is 7.22. The Labute approximate surface area is 226 Å². The average Bonchev–Trinajstić information content (AvgIpc) is 3.08. The molecular weight excluding hydrogens is 462 g/mol. The summed E-state index contributed by atoms with van der Waals surface area (Å²) in [7, 11) is 3.71. The van der Waals surface area contributed by atoms with Gasteiger partial charge in [-0.25, -0.2) is 4.99 Å². The molecule has 0 fully saturated rings. The summed E-state index contributed by atoms with van der Waals surface area (Å²) >= 11 is 0. The van der Waals surface area contributed by atoms with Crippen molar-refractivity contribution in [2.24, 2.45) is 9.98 Å². The van der Waals surface area contributed by atoms with Gasteiger partial charge in [0.25, 0.3) is 0 Å². The number of aliphatic imine (C=N–C) groups is 2. The van der Waals surface area contributed by atoms with Gasteiger partial charge in [0.05, 0.1) is 0 Å². The number of hydrogen-bond acceptors (Lipinski definition) is 1. The van der Waals surface area contributed by atoms with Crippen LogP contribution in [0.2, 0.25) is 0 Å². The lowest BCUT2D eigenvalue weighted by Crippen LogP contribution is -2.31. The van der Waals surface area contributed by atoms with Gasteiger partial charge in [-0.05, 0) is 41.2 Å². The molecule has 38 heavy (non-hydrogen) atoms. The van der Waals surface area contributed by atoms with E-state index in [1.165, 1.54) is 22.3 Å². The first-order chi connectivity index (χ1) is 18.8. The minimum Gasteiger partial charge on any atom is -0.373 e. The predicted octanol–water partition coefficient (Wildman–Crippen LogP) is 7.12. The van der Waals surface area contributed by atoms with Crippen LogP contribution in [-0.2, 0) is 11.8 Å². The lowest BCUT2D eigenvalue weighted by Gasteiger charge is -2.37. The minimum atomic E-state index is -0.351. The smallest absolute Gasteiger partial charge is 0.156 e. The van der Waals surface area contributed by atoms with Crippen molar-refractivity contribution in [3.8, 4) is 0 Å². The van der Waals surface area contributed by atoms with Gasteiger partial charge in [-0.2, -0.15) is 0 Å². The second kappa shape index (κ2) is 11.7. The Balaban J connectivity index is 1.75. The van der Waals surface area contributed by atoms with Crippen molar-refractivity contribution in [2.75, 3.05) is 14.1 Å².